The fraction of sp³-hybridized carbons (Fsp3) is 0.268. The Kier molecular flexibility index (Phi) is 11.4. The Morgan fingerprint density at radius 2 is 1.53 bits per heavy atom. The van der Waals surface area contributed by atoms with Gasteiger partial charge < -0.3 is 9.30 Å². The number of carbonyl (C=O) groups excluding carboxylic acids is 1. The number of esters is 1. The predicted octanol–water partition coefficient (Wildman–Crippen LogP) is 7.87. The van der Waals surface area contributed by atoms with Gasteiger partial charge in [0, 0.05) is 40.3 Å². The van der Waals surface area contributed by atoms with Crippen LogP contribution < -0.4 is 4.72 Å². The standard InChI is InChI=1S/C41H43ClN4O4S/c1-29-27-30(2)45(44-29)25-26-51(48,49)43-24-23-39-36(16-10-11-31-17-19-34(20-18-31)41(47)50-3)37-28-35(42)21-22-38(37)46(39)40(32-12-6-4-7-13-32)33-14-8-5-9-15-33/h4-9,12-15,17-22,27-28,40,43H,10-11,16,23-26H2,1-3H3. The minimum Gasteiger partial charge on any atom is -0.465 e. The Morgan fingerprint density at radius 1 is 0.863 bits per heavy atom. The lowest BCUT2D eigenvalue weighted by atomic mass is 9.97. The summed E-state index contributed by atoms with van der Waals surface area (Å²) in [4.78, 5) is 12.0. The molecule has 8 nitrogen and oxygen atoms in total. The minimum absolute atomic E-state index is 0.0637. The molecule has 264 valence electrons. The number of aryl methyl sites for hydroxylation is 5. The van der Waals surface area contributed by atoms with Crippen molar-refractivity contribution in [3.63, 3.8) is 0 Å². The van der Waals surface area contributed by atoms with Crippen LogP contribution in [-0.2, 0) is 40.6 Å². The van der Waals surface area contributed by atoms with E-state index in [1.54, 1.807) is 16.8 Å². The van der Waals surface area contributed by atoms with Crippen molar-refractivity contribution in [1.29, 1.82) is 0 Å². The second-order valence-corrected chi connectivity index (χ2v) is 15.2. The molecule has 0 bridgehead atoms. The number of fused-ring (bicyclic) bond motifs is 1. The van der Waals surface area contributed by atoms with Gasteiger partial charge in [0.15, 0.2) is 0 Å². The van der Waals surface area contributed by atoms with Crippen molar-refractivity contribution in [2.45, 2.75) is 52.1 Å². The number of halogens is 1. The van der Waals surface area contributed by atoms with E-state index in [1.807, 2.05) is 56.3 Å². The SMILES string of the molecule is COC(=O)c1ccc(CCCc2c(CCNS(=O)(=O)CCn3nc(C)cc3C)n(C(c3ccccc3)c3ccccc3)c3ccc(Cl)cc23)cc1. The number of methoxy groups -OCH3 is 1. The number of aromatic nitrogens is 3. The van der Waals surface area contributed by atoms with Crippen LogP contribution in [-0.4, -0.2) is 48.1 Å². The molecule has 0 saturated heterocycles. The largest absolute Gasteiger partial charge is 0.465 e. The van der Waals surface area contributed by atoms with E-state index in [-0.39, 0.29) is 30.9 Å². The maximum Gasteiger partial charge on any atom is 0.337 e. The maximum atomic E-state index is 13.3. The van der Waals surface area contributed by atoms with Gasteiger partial charge in [-0.25, -0.2) is 17.9 Å². The van der Waals surface area contributed by atoms with Crippen LogP contribution in [0.5, 0.6) is 0 Å². The van der Waals surface area contributed by atoms with E-state index in [9.17, 15) is 13.2 Å². The highest BCUT2D eigenvalue weighted by atomic mass is 35.5. The molecule has 0 atom stereocenters. The maximum absolute atomic E-state index is 13.3. The highest BCUT2D eigenvalue weighted by Crippen LogP contribution is 2.38. The van der Waals surface area contributed by atoms with E-state index in [1.165, 1.54) is 7.11 Å². The summed E-state index contributed by atoms with van der Waals surface area (Å²) >= 11 is 6.66. The molecule has 2 heterocycles. The Labute approximate surface area is 305 Å². The molecule has 0 amide bonds. The highest BCUT2D eigenvalue weighted by molar-refractivity contribution is 7.89. The molecule has 0 aliphatic rings. The van der Waals surface area contributed by atoms with Crippen molar-refractivity contribution in [3.8, 4) is 0 Å². The van der Waals surface area contributed by atoms with Gasteiger partial charge in [-0.05, 0) is 91.8 Å². The average molecular weight is 723 g/mol. The molecular weight excluding hydrogens is 680 g/mol. The van der Waals surface area contributed by atoms with Gasteiger partial charge in [-0.1, -0.05) is 84.4 Å². The van der Waals surface area contributed by atoms with Gasteiger partial charge in [-0.3, -0.25) is 4.68 Å². The van der Waals surface area contributed by atoms with Gasteiger partial charge in [0.05, 0.1) is 36.7 Å². The number of carbonyl (C=O) groups is 1. The molecule has 6 aromatic rings. The van der Waals surface area contributed by atoms with Gasteiger partial charge in [-0.15, -0.1) is 0 Å². The predicted molar refractivity (Wildman–Crippen MR) is 204 cm³/mol. The first-order valence-corrected chi connectivity index (χ1v) is 19.2. The third-order valence-corrected chi connectivity index (χ3v) is 10.9. The first-order valence-electron chi connectivity index (χ1n) is 17.2. The summed E-state index contributed by atoms with van der Waals surface area (Å²) < 4.78 is 38.4. The Balaban J connectivity index is 1.36. The van der Waals surface area contributed by atoms with Crippen LogP contribution in [0, 0.1) is 13.8 Å². The van der Waals surface area contributed by atoms with Gasteiger partial charge >= 0.3 is 5.97 Å². The Bertz CT molecular complexity index is 2170. The molecule has 0 fully saturated rings. The quantitative estimate of drug-likeness (QED) is 0.109. The molecule has 0 radical (unpaired) electrons. The normalized spacial score (nSPS) is 11.8. The summed E-state index contributed by atoms with van der Waals surface area (Å²) in [7, 11) is -2.20. The molecule has 0 aliphatic carbocycles. The van der Waals surface area contributed by atoms with Crippen molar-refractivity contribution >= 4 is 38.5 Å². The van der Waals surface area contributed by atoms with Crippen LogP contribution in [0.25, 0.3) is 10.9 Å². The van der Waals surface area contributed by atoms with Crippen LogP contribution >= 0.6 is 11.6 Å². The minimum atomic E-state index is -3.58. The van der Waals surface area contributed by atoms with Crippen molar-refractivity contribution in [1.82, 2.24) is 19.1 Å². The molecule has 1 N–H and O–H groups in total. The van der Waals surface area contributed by atoms with E-state index >= 15 is 0 Å². The second-order valence-electron chi connectivity index (χ2n) is 12.8. The lowest BCUT2D eigenvalue weighted by molar-refractivity contribution is 0.0600. The molecule has 0 aliphatic heterocycles. The van der Waals surface area contributed by atoms with E-state index in [2.05, 4.69) is 69.0 Å². The van der Waals surface area contributed by atoms with Crippen LogP contribution in [0.4, 0.5) is 0 Å². The van der Waals surface area contributed by atoms with Gasteiger partial charge in [0.1, 0.15) is 0 Å². The first kappa shape index (κ1) is 36.1. The number of sulfonamides is 1. The molecule has 4 aromatic carbocycles. The third kappa shape index (κ3) is 8.61. The number of hydrogen-bond acceptors (Lipinski definition) is 5. The van der Waals surface area contributed by atoms with Crippen molar-refractivity contribution in [2.24, 2.45) is 0 Å². The van der Waals surface area contributed by atoms with Crippen molar-refractivity contribution < 1.29 is 17.9 Å². The summed E-state index contributed by atoms with van der Waals surface area (Å²) in [5.41, 5.74) is 8.94. The van der Waals surface area contributed by atoms with Crippen LogP contribution in [0.3, 0.4) is 0 Å². The number of nitrogens with zero attached hydrogens (tertiary/aromatic N) is 3. The molecule has 0 spiro atoms. The smallest absolute Gasteiger partial charge is 0.337 e. The van der Waals surface area contributed by atoms with Crippen LogP contribution in [0.1, 0.15) is 62.2 Å². The van der Waals surface area contributed by atoms with E-state index in [0.717, 1.165) is 69.5 Å². The fourth-order valence-corrected chi connectivity index (χ4v) is 8.06. The monoisotopic (exact) mass is 722 g/mol. The number of nitrogens with one attached hydrogen (secondary N) is 1. The van der Waals surface area contributed by atoms with Gasteiger partial charge in [0.2, 0.25) is 10.0 Å². The molecular formula is C41H43ClN4O4S. The molecule has 0 saturated carbocycles. The number of rotatable bonds is 15. The summed E-state index contributed by atoms with van der Waals surface area (Å²) in [5, 5.41) is 6.13. The lowest BCUT2D eigenvalue weighted by Gasteiger charge is -2.25. The number of ether oxygens (including phenoxy) is 1. The zero-order chi connectivity index (χ0) is 36.0. The Hall–Kier alpha value is -4.70. The topological polar surface area (TPSA) is 95.2 Å². The number of benzene rings is 4. The molecule has 10 heteroatoms. The van der Waals surface area contributed by atoms with Gasteiger partial charge in [-0.2, -0.15) is 5.10 Å². The zero-order valence-electron chi connectivity index (χ0n) is 29.2. The van der Waals surface area contributed by atoms with Gasteiger partial charge in [0.25, 0.3) is 0 Å². The highest BCUT2D eigenvalue weighted by Gasteiger charge is 2.26. The van der Waals surface area contributed by atoms with E-state index in [4.69, 9.17) is 16.3 Å². The van der Waals surface area contributed by atoms with E-state index < -0.39 is 10.0 Å². The molecule has 51 heavy (non-hydrogen) atoms. The Morgan fingerprint density at radius 3 is 2.14 bits per heavy atom. The average Bonchev–Trinajstić information content (AvgIpc) is 3.62. The van der Waals surface area contributed by atoms with Crippen molar-refractivity contribution in [2.75, 3.05) is 19.4 Å². The van der Waals surface area contributed by atoms with Crippen LogP contribution in [0.15, 0.2) is 109 Å². The lowest BCUT2D eigenvalue weighted by Crippen LogP contribution is -2.31. The fourth-order valence-electron chi connectivity index (χ4n) is 6.91. The summed E-state index contributed by atoms with van der Waals surface area (Å²) in [6.07, 6.45) is 2.86. The van der Waals surface area contributed by atoms with Crippen molar-refractivity contribution in [3.05, 3.63) is 159 Å². The summed E-state index contributed by atoms with van der Waals surface area (Å²) in [6, 6.07) is 36.2. The zero-order valence-corrected chi connectivity index (χ0v) is 30.8. The second kappa shape index (κ2) is 16.1. The first-order chi connectivity index (χ1) is 24.6. The molecule has 6 rings (SSSR count). The molecule has 0 unspecified atom stereocenters. The number of hydrogen-bond donors (Lipinski definition) is 1. The summed E-state index contributed by atoms with van der Waals surface area (Å²) in [5.74, 6) is -0.421. The summed E-state index contributed by atoms with van der Waals surface area (Å²) in [6.45, 7) is 4.35. The third-order valence-electron chi connectivity index (χ3n) is 9.30. The van der Waals surface area contributed by atoms with Crippen LogP contribution in [0.2, 0.25) is 5.02 Å². The molecule has 2 aromatic heterocycles. The van der Waals surface area contributed by atoms with E-state index in [0.29, 0.717) is 17.0 Å².